The highest BCUT2D eigenvalue weighted by Gasteiger charge is 2.42. The van der Waals surface area contributed by atoms with Crippen molar-refractivity contribution in [1.82, 2.24) is 31.3 Å². The maximum Gasteiger partial charge on any atom is 0.249 e. The predicted molar refractivity (Wildman–Crippen MR) is 99.1 cm³/mol. The van der Waals surface area contributed by atoms with Gasteiger partial charge in [0.25, 0.3) is 0 Å². The minimum Gasteiger partial charge on any atom is -0.343 e. The summed E-state index contributed by atoms with van der Waals surface area (Å²) in [6.07, 6.45) is 7.98. The molecule has 1 aliphatic heterocycles. The molecule has 1 saturated carbocycles. The number of hydrazine groups is 1. The molecule has 2 aliphatic rings. The molecule has 4 atom stereocenters. The van der Waals surface area contributed by atoms with Gasteiger partial charge >= 0.3 is 0 Å². The molecule has 1 amide bonds. The molecule has 8 heteroatoms. The van der Waals surface area contributed by atoms with E-state index >= 15 is 0 Å². The Morgan fingerprint density at radius 2 is 2.15 bits per heavy atom. The molecule has 1 aliphatic carbocycles. The fourth-order valence-corrected chi connectivity index (χ4v) is 4.03. The van der Waals surface area contributed by atoms with Crippen molar-refractivity contribution in [3.63, 3.8) is 0 Å². The lowest BCUT2D eigenvalue weighted by Gasteiger charge is -2.28. The van der Waals surface area contributed by atoms with Crippen molar-refractivity contribution in [3.05, 3.63) is 30.4 Å². The summed E-state index contributed by atoms with van der Waals surface area (Å²) in [5, 5.41) is 7.17. The summed E-state index contributed by atoms with van der Waals surface area (Å²) in [5.41, 5.74) is 7.26. The van der Waals surface area contributed by atoms with Crippen LogP contribution in [-0.4, -0.2) is 33.1 Å². The average Bonchev–Trinajstić information content (AvgIpc) is 3.34. The first-order chi connectivity index (χ1) is 13.1. The van der Waals surface area contributed by atoms with Crippen LogP contribution in [0.5, 0.6) is 0 Å². The van der Waals surface area contributed by atoms with Gasteiger partial charge in [-0.1, -0.05) is 31.8 Å². The first-order valence-corrected chi connectivity index (χ1v) is 9.69. The van der Waals surface area contributed by atoms with Crippen LogP contribution in [0, 0.1) is 11.8 Å². The lowest BCUT2D eigenvalue weighted by Crippen LogP contribution is -2.47. The molecule has 0 bridgehead atoms. The second-order valence-corrected chi connectivity index (χ2v) is 7.75. The van der Waals surface area contributed by atoms with Gasteiger partial charge in [-0.15, -0.1) is 0 Å². The molecule has 3 N–H and O–H groups in total. The van der Waals surface area contributed by atoms with Gasteiger partial charge in [0.1, 0.15) is 12.1 Å². The fraction of sp³-hybridized carbons (Fsp3) is 0.579. The second-order valence-electron chi connectivity index (χ2n) is 7.75. The molecule has 4 unspecified atom stereocenters. The molecular formula is C19H26N6O2. The second kappa shape index (κ2) is 7.74. The van der Waals surface area contributed by atoms with Gasteiger partial charge in [-0.05, 0) is 30.9 Å². The Morgan fingerprint density at radius 3 is 2.93 bits per heavy atom. The highest BCUT2D eigenvalue weighted by atomic mass is 16.5. The lowest BCUT2D eigenvalue weighted by molar-refractivity contribution is -0.125. The Hall–Kier alpha value is -2.32. The summed E-state index contributed by atoms with van der Waals surface area (Å²) in [6.45, 7) is 4.06. The molecule has 0 radical (unpaired) electrons. The zero-order valence-corrected chi connectivity index (χ0v) is 15.7. The minimum absolute atomic E-state index is 0.0169. The Morgan fingerprint density at radius 1 is 1.30 bits per heavy atom. The Balaban J connectivity index is 1.48. The minimum atomic E-state index is -0.333. The molecule has 27 heavy (non-hydrogen) atoms. The number of hydrogen-bond acceptors (Lipinski definition) is 7. The third kappa shape index (κ3) is 3.72. The number of hydrogen-bond donors (Lipinski definition) is 3. The van der Waals surface area contributed by atoms with Crippen LogP contribution in [0.15, 0.2) is 29.0 Å². The van der Waals surface area contributed by atoms with E-state index in [-0.39, 0.29) is 23.9 Å². The highest BCUT2D eigenvalue weighted by Crippen LogP contribution is 2.31. The number of nitrogens with one attached hydrogen (secondary N) is 3. The summed E-state index contributed by atoms with van der Waals surface area (Å²) >= 11 is 0. The van der Waals surface area contributed by atoms with Crippen LogP contribution in [0.3, 0.4) is 0 Å². The van der Waals surface area contributed by atoms with Crippen LogP contribution in [0.4, 0.5) is 0 Å². The van der Waals surface area contributed by atoms with Crippen LogP contribution in [0.1, 0.15) is 51.5 Å². The summed E-state index contributed by atoms with van der Waals surface area (Å²) in [5.74, 6) is 1.33. The number of carbonyl (C=O) groups is 1. The van der Waals surface area contributed by atoms with Crippen molar-refractivity contribution in [2.45, 2.75) is 57.7 Å². The van der Waals surface area contributed by atoms with Crippen molar-refractivity contribution in [2.75, 3.05) is 0 Å². The van der Waals surface area contributed by atoms with E-state index in [0.717, 1.165) is 18.4 Å². The Bertz CT molecular complexity index is 778. The number of nitrogens with zero attached hydrogens (tertiary/aromatic N) is 3. The number of fused-ring (bicyclic) bond motifs is 1. The van der Waals surface area contributed by atoms with Gasteiger partial charge in [0.2, 0.25) is 17.6 Å². The third-order valence-corrected chi connectivity index (χ3v) is 5.55. The largest absolute Gasteiger partial charge is 0.343 e. The van der Waals surface area contributed by atoms with Crippen LogP contribution in [0.2, 0.25) is 0 Å². The molecule has 2 aromatic heterocycles. The molecule has 0 spiro atoms. The smallest absolute Gasteiger partial charge is 0.249 e. The lowest BCUT2D eigenvalue weighted by atomic mass is 9.81. The van der Waals surface area contributed by atoms with Crippen LogP contribution >= 0.6 is 0 Å². The normalized spacial score (nSPS) is 26.0. The van der Waals surface area contributed by atoms with Crippen LogP contribution in [-0.2, 0) is 4.79 Å². The van der Waals surface area contributed by atoms with Crippen LogP contribution < -0.4 is 16.2 Å². The van der Waals surface area contributed by atoms with Crippen molar-refractivity contribution in [3.8, 4) is 11.4 Å². The highest BCUT2D eigenvalue weighted by molar-refractivity contribution is 5.83. The number of aromatic nitrogens is 3. The summed E-state index contributed by atoms with van der Waals surface area (Å²) < 4.78 is 5.47. The van der Waals surface area contributed by atoms with E-state index in [0.29, 0.717) is 23.7 Å². The average molecular weight is 370 g/mol. The summed E-state index contributed by atoms with van der Waals surface area (Å²) in [6, 6.07) is 3.53. The van der Waals surface area contributed by atoms with E-state index in [4.69, 9.17) is 4.52 Å². The SMILES string of the molecule is CC(C)C(NC(=O)C1NNC2CCCCC21)c1nc(-c2cccnc2)no1. The molecule has 4 rings (SSSR count). The number of pyridine rings is 1. The molecule has 3 heterocycles. The Kier molecular flexibility index (Phi) is 5.18. The summed E-state index contributed by atoms with van der Waals surface area (Å²) in [7, 11) is 0. The topological polar surface area (TPSA) is 105 Å². The maximum absolute atomic E-state index is 13.0. The van der Waals surface area contributed by atoms with Gasteiger partial charge in [0.15, 0.2) is 0 Å². The molecular weight excluding hydrogens is 344 g/mol. The van der Waals surface area contributed by atoms with Crippen molar-refractivity contribution in [2.24, 2.45) is 11.8 Å². The zero-order chi connectivity index (χ0) is 18.8. The summed E-state index contributed by atoms with van der Waals surface area (Å²) in [4.78, 5) is 21.5. The number of amides is 1. The Labute approximate surface area is 158 Å². The van der Waals surface area contributed by atoms with Gasteiger partial charge in [-0.25, -0.2) is 5.43 Å². The quantitative estimate of drug-likeness (QED) is 0.739. The van der Waals surface area contributed by atoms with Gasteiger partial charge in [0, 0.05) is 29.9 Å². The van der Waals surface area contributed by atoms with Crippen molar-refractivity contribution in [1.29, 1.82) is 0 Å². The first kappa shape index (κ1) is 18.1. The molecule has 0 aromatic carbocycles. The van der Waals surface area contributed by atoms with Gasteiger partial charge in [0.05, 0.1) is 0 Å². The maximum atomic E-state index is 13.0. The van der Waals surface area contributed by atoms with Gasteiger partial charge in [-0.2, -0.15) is 4.98 Å². The zero-order valence-electron chi connectivity index (χ0n) is 15.7. The first-order valence-electron chi connectivity index (χ1n) is 9.69. The van der Waals surface area contributed by atoms with E-state index in [9.17, 15) is 4.79 Å². The van der Waals surface area contributed by atoms with E-state index in [2.05, 4.69) is 31.3 Å². The monoisotopic (exact) mass is 370 g/mol. The standard InChI is InChI=1S/C19H26N6O2/c1-11(2)15(19-22-17(25-27-19)12-6-5-9-20-10-12)21-18(26)16-13-7-3-4-8-14(13)23-24-16/h5-6,9-11,13-16,23-24H,3-4,7-8H2,1-2H3,(H,21,26). The molecule has 1 saturated heterocycles. The fourth-order valence-electron chi connectivity index (χ4n) is 4.03. The molecule has 2 fully saturated rings. The van der Waals surface area contributed by atoms with E-state index in [1.165, 1.54) is 12.8 Å². The van der Waals surface area contributed by atoms with Gasteiger partial charge < -0.3 is 9.84 Å². The van der Waals surface area contributed by atoms with Gasteiger partial charge in [-0.3, -0.25) is 15.2 Å². The predicted octanol–water partition coefficient (Wildman–Crippen LogP) is 1.98. The van der Waals surface area contributed by atoms with E-state index < -0.39 is 0 Å². The third-order valence-electron chi connectivity index (χ3n) is 5.55. The van der Waals surface area contributed by atoms with Crippen molar-refractivity contribution < 1.29 is 9.32 Å². The van der Waals surface area contributed by atoms with Crippen LogP contribution in [0.25, 0.3) is 11.4 Å². The van der Waals surface area contributed by atoms with Crippen molar-refractivity contribution >= 4 is 5.91 Å². The molecule has 2 aromatic rings. The number of rotatable bonds is 5. The molecule has 8 nitrogen and oxygen atoms in total. The number of carbonyl (C=O) groups excluding carboxylic acids is 1. The van der Waals surface area contributed by atoms with E-state index in [1.807, 2.05) is 26.0 Å². The molecule has 144 valence electrons. The van der Waals surface area contributed by atoms with E-state index in [1.54, 1.807) is 12.4 Å².